The van der Waals surface area contributed by atoms with Crippen LogP contribution in [0.2, 0.25) is 0 Å². The zero-order chi connectivity index (χ0) is 12.8. The molecule has 0 nitrogen and oxygen atoms in total. The highest BCUT2D eigenvalue weighted by Gasteiger charge is 2.15. The van der Waals surface area contributed by atoms with Gasteiger partial charge in [0.15, 0.2) is 0 Å². The molecule has 0 N–H and O–H groups in total. The number of allylic oxidation sites excluding steroid dienone is 1. The van der Waals surface area contributed by atoms with E-state index in [4.69, 9.17) is 0 Å². The maximum absolute atomic E-state index is 13.8. The summed E-state index contributed by atoms with van der Waals surface area (Å²) in [5.74, 6) is 0.277. The van der Waals surface area contributed by atoms with Gasteiger partial charge in [-0.1, -0.05) is 44.9 Å². The summed E-state index contributed by atoms with van der Waals surface area (Å²) in [5, 5.41) is 0. The predicted octanol–water partition coefficient (Wildman–Crippen LogP) is 5.36. The molecule has 1 aromatic carbocycles. The molecule has 0 radical (unpaired) electrons. The minimum Gasteiger partial charge on any atom is -0.206 e. The fourth-order valence-electron chi connectivity index (χ4n) is 2.29. The zero-order valence-electron chi connectivity index (χ0n) is 11.2. The zero-order valence-corrected chi connectivity index (χ0v) is 11.2. The second-order valence-corrected chi connectivity index (χ2v) is 4.78. The molecule has 0 aliphatic heterocycles. The van der Waals surface area contributed by atoms with Gasteiger partial charge in [0.25, 0.3) is 0 Å². The van der Waals surface area contributed by atoms with Crippen LogP contribution in [0, 0.1) is 18.7 Å². The van der Waals surface area contributed by atoms with Gasteiger partial charge < -0.3 is 0 Å². The largest absolute Gasteiger partial charge is 0.206 e. The number of hydrogen-bond acceptors (Lipinski definition) is 0. The number of hydrogen-bond donors (Lipinski definition) is 0. The van der Waals surface area contributed by atoms with Crippen molar-refractivity contribution in [1.82, 2.24) is 0 Å². The molecule has 1 heteroatoms. The number of rotatable bonds is 6. The first kappa shape index (κ1) is 14.0. The first-order valence-corrected chi connectivity index (χ1v) is 6.55. The number of halogens is 1. The van der Waals surface area contributed by atoms with Crippen LogP contribution in [-0.2, 0) is 0 Å². The molecule has 0 saturated carbocycles. The molecule has 1 aromatic rings. The van der Waals surface area contributed by atoms with Crippen molar-refractivity contribution in [2.24, 2.45) is 5.92 Å². The number of benzene rings is 1. The quantitative estimate of drug-likeness (QED) is 0.621. The van der Waals surface area contributed by atoms with E-state index >= 15 is 0 Å². The normalized spacial score (nSPS) is 10.9. The summed E-state index contributed by atoms with van der Waals surface area (Å²) in [6, 6.07) is 5.27. The smallest absolute Gasteiger partial charge is 0.130 e. The molecule has 0 fully saturated rings. The number of aryl methyl sites for hydroxylation is 1. The topological polar surface area (TPSA) is 0 Å². The lowest BCUT2D eigenvalue weighted by Gasteiger charge is -2.19. The van der Waals surface area contributed by atoms with E-state index in [9.17, 15) is 4.39 Å². The molecule has 0 saturated heterocycles. The first-order chi connectivity index (χ1) is 8.10. The second kappa shape index (κ2) is 6.58. The van der Waals surface area contributed by atoms with Gasteiger partial charge in [-0.05, 0) is 43.4 Å². The fraction of sp³-hybridized carbons (Fsp3) is 0.500. The molecule has 1 rings (SSSR count). The Hall–Kier alpha value is -1.11. The first-order valence-electron chi connectivity index (χ1n) is 6.55. The highest BCUT2D eigenvalue weighted by atomic mass is 19.1. The van der Waals surface area contributed by atoms with E-state index in [0.717, 1.165) is 36.8 Å². The molecule has 0 heterocycles. The Kier molecular flexibility index (Phi) is 5.40. The third kappa shape index (κ3) is 3.69. The van der Waals surface area contributed by atoms with E-state index in [0.29, 0.717) is 11.5 Å². The highest BCUT2D eigenvalue weighted by Crippen LogP contribution is 2.31. The molecule has 0 amide bonds. The maximum atomic E-state index is 13.8. The van der Waals surface area contributed by atoms with Crippen molar-refractivity contribution in [2.75, 3.05) is 0 Å². The van der Waals surface area contributed by atoms with Crippen molar-refractivity contribution >= 4 is 5.57 Å². The van der Waals surface area contributed by atoms with Gasteiger partial charge in [0.1, 0.15) is 5.82 Å². The van der Waals surface area contributed by atoms with Gasteiger partial charge in [-0.25, -0.2) is 4.39 Å². The molecule has 0 spiro atoms. The molecule has 0 aliphatic rings. The Morgan fingerprint density at radius 2 is 1.82 bits per heavy atom. The third-order valence-corrected chi connectivity index (χ3v) is 3.23. The Balaban J connectivity index is 2.95. The molecule has 17 heavy (non-hydrogen) atoms. The monoisotopic (exact) mass is 234 g/mol. The van der Waals surface area contributed by atoms with Crippen LogP contribution in [0.1, 0.15) is 50.7 Å². The lowest BCUT2D eigenvalue weighted by atomic mass is 9.86. The summed E-state index contributed by atoms with van der Waals surface area (Å²) in [5.41, 5.74) is 2.76. The van der Waals surface area contributed by atoms with Crippen LogP contribution in [0.3, 0.4) is 0 Å². The summed E-state index contributed by atoms with van der Waals surface area (Å²) in [4.78, 5) is 0. The maximum Gasteiger partial charge on any atom is 0.130 e. The SMILES string of the molecule is C=C(c1cc(C)ccc1F)C(CCC)CCC. The lowest BCUT2D eigenvalue weighted by molar-refractivity contribution is 0.539. The van der Waals surface area contributed by atoms with Gasteiger partial charge >= 0.3 is 0 Å². The molecule has 0 aromatic heterocycles. The van der Waals surface area contributed by atoms with Crippen LogP contribution in [0.15, 0.2) is 24.8 Å². The second-order valence-electron chi connectivity index (χ2n) is 4.78. The average Bonchev–Trinajstić information content (AvgIpc) is 2.31. The van der Waals surface area contributed by atoms with Crippen molar-refractivity contribution in [3.05, 3.63) is 41.7 Å². The van der Waals surface area contributed by atoms with Gasteiger partial charge in [-0.2, -0.15) is 0 Å². The van der Waals surface area contributed by atoms with Gasteiger partial charge in [-0.3, -0.25) is 0 Å². The van der Waals surface area contributed by atoms with Gasteiger partial charge in [0.05, 0.1) is 0 Å². The Morgan fingerprint density at radius 1 is 1.24 bits per heavy atom. The van der Waals surface area contributed by atoms with Crippen molar-refractivity contribution in [2.45, 2.75) is 46.5 Å². The average molecular weight is 234 g/mol. The third-order valence-electron chi connectivity index (χ3n) is 3.23. The highest BCUT2D eigenvalue weighted by molar-refractivity contribution is 5.66. The van der Waals surface area contributed by atoms with E-state index in [1.54, 1.807) is 12.1 Å². The summed E-state index contributed by atoms with van der Waals surface area (Å²) >= 11 is 0. The molecular weight excluding hydrogens is 211 g/mol. The molecule has 0 atom stereocenters. The van der Waals surface area contributed by atoms with E-state index < -0.39 is 0 Å². The van der Waals surface area contributed by atoms with Gasteiger partial charge in [0.2, 0.25) is 0 Å². The van der Waals surface area contributed by atoms with E-state index in [1.807, 2.05) is 13.0 Å². The van der Waals surface area contributed by atoms with Crippen molar-refractivity contribution < 1.29 is 4.39 Å². The lowest BCUT2D eigenvalue weighted by Crippen LogP contribution is -2.04. The molecular formula is C16H23F. The van der Waals surface area contributed by atoms with E-state index in [-0.39, 0.29) is 5.82 Å². The van der Waals surface area contributed by atoms with Crippen LogP contribution in [-0.4, -0.2) is 0 Å². The summed E-state index contributed by atoms with van der Waals surface area (Å²) in [6.07, 6.45) is 4.44. The molecule has 0 bridgehead atoms. The van der Waals surface area contributed by atoms with Crippen LogP contribution in [0.25, 0.3) is 5.57 Å². The molecule has 94 valence electrons. The van der Waals surface area contributed by atoms with Gasteiger partial charge in [0, 0.05) is 5.56 Å². The van der Waals surface area contributed by atoms with Crippen LogP contribution >= 0.6 is 0 Å². The van der Waals surface area contributed by atoms with E-state index in [1.165, 1.54) is 0 Å². The van der Waals surface area contributed by atoms with Crippen molar-refractivity contribution in [3.63, 3.8) is 0 Å². The van der Waals surface area contributed by atoms with Crippen molar-refractivity contribution in [1.29, 1.82) is 0 Å². The molecule has 0 aliphatic carbocycles. The fourth-order valence-corrected chi connectivity index (χ4v) is 2.29. The summed E-state index contributed by atoms with van der Waals surface area (Å²) in [7, 11) is 0. The Morgan fingerprint density at radius 3 is 2.35 bits per heavy atom. The standard InChI is InChI=1S/C16H23F/c1-5-7-14(8-6-2)13(4)15-11-12(3)9-10-16(15)17/h9-11,14H,4-8H2,1-3H3. The van der Waals surface area contributed by atoms with Crippen LogP contribution < -0.4 is 0 Å². The minimum absolute atomic E-state index is 0.141. The summed E-state index contributed by atoms with van der Waals surface area (Å²) in [6.45, 7) is 10.5. The summed E-state index contributed by atoms with van der Waals surface area (Å²) < 4.78 is 13.8. The molecule has 0 unspecified atom stereocenters. The van der Waals surface area contributed by atoms with Crippen LogP contribution in [0.5, 0.6) is 0 Å². The Bertz CT molecular complexity index is 373. The van der Waals surface area contributed by atoms with E-state index in [2.05, 4.69) is 20.4 Å². The Labute approximate surface area is 105 Å². The predicted molar refractivity (Wildman–Crippen MR) is 73.5 cm³/mol. The van der Waals surface area contributed by atoms with Crippen LogP contribution in [0.4, 0.5) is 4.39 Å². The van der Waals surface area contributed by atoms with Crippen molar-refractivity contribution in [3.8, 4) is 0 Å². The van der Waals surface area contributed by atoms with Gasteiger partial charge in [-0.15, -0.1) is 0 Å². The minimum atomic E-state index is -0.141.